The average Bonchev–Trinajstić information content (AvgIpc) is 3.17. The van der Waals surface area contributed by atoms with Crippen molar-refractivity contribution in [3.8, 4) is 17.4 Å². The molecule has 0 aliphatic carbocycles. The summed E-state index contributed by atoms with van der Waals surface area (Å²) in [5.74, 6) is 0.852. The third-order valence-electron chi connectivity index (χ3n) is 4.99. The fourth-order valence-corrected chi connectivity index (χ4v) is 3.49. The number of rotatable bonds is 6. The van der Waals surface area contributed by atoms with Crippen LogP contribution in [0.15, 0.2) is 60.9 Å². The van der Waals surface area contributed by atoms with Gasteiger partial charge in [-0.15, -0.1) is 0 Å². The van der Waals surface area contributed by atoms with Gasteiger partial charge in [-0.1, -0.05) is 30.3 Å². The molecule has 0 bridgehead atoms. The predicted octanol–water partition coefficient (Wildman–Crippen LogP) is 3.26. The van der Waals surface area contributed by atoms with Crippen LogP contribution in [0, 0.1) is 5.92 Å². The van der Waals surface area contributed by atoms with Crippen LogP contribution in [0.25, 0.3) is 5.69 Å². The summed E-state index contributed by atoms with van der Waals surface area (Å²) in [5, 5.41) is 13.9. The number of ether oxygens (including phenoxy) is 1. The van der Waals surface area contributed by atoms with Crippen molar-refractivity contribution >= 4 is 0 Å². The van der Waals surface area contributed by atoms with Crippen LogP contribution in [0.5, 0.6) is 11.8 Å². The van der Waals surface area contributed by atoms with Gasteiger partial charge in [0.2, 0.25) is 0 Å². The first-order valence-corrected chi connectivity index (χ1v) is 9.36. The standard InChI is InChI=1S/C21H24N4O2/c26-20-8-4-5-18(13-20)14-24-11-9-17(10-12-24)15-27-21-22-16-23-25(21)19-6-2-1-3-7-19/h1-8,13,16-17,26H,9-12,14-15H2. The van der Waals surface area contributed by atoms with E-state index in [1.54, 1.807) is 10.7 Å². The van der Waals surface area contributed by atoms with Crippen molar-refractivity contribution in [2.24, 2.45) is 5.92 Å². The van der Waals surface area contributed by atoms with Gasteiger partial charge in [0.1, 0.15) is 12.1 Å². The Morgan fingerprint density at radius 3 is 2.63 bits per heavy atom. The molecular weight excluding hydrogens is 340 g/mol. The van der Waals surface area contributed by atoms with Gasteiger partial charge in [-0.3, -0.25) is 4.90 Å². The molecule has 1 fully saturated rings. The van der Waals surface area contributed by atoms with Crippen molar-refractivity contribution in [2.45, 2.75) is 19.4 Å². The average molecular weight is 364 g/mol. The molecule has 0 saturated carbocycles. The summed E-state index contributed by atoms with van der Waals surface area (Å²) in [4.78, 5) is 6.68. The van der Waals surface area contributed by atoms with Crippen molar-refractivity contribution in [3.05, 3.63) is 66.5 Å². The Morgan fingerprint density at radius 1 is 1.04 bits per heavy atom. The van der Waals surface area contributed by atoms with E-state index < -0.39 is 0 Å². The first kappa shape index (κ1) is 17.5. The lowest BCUT2D eigenvalue weighted by Gasteiger charge is -2.31. The predicted molar refractivity (Wildman–Crippen MR) is 103 cm³/mol. The zero-order valence-corrected chi connectivity index (χ0v) is 15.2. The number of para-hydroxylation sites is 1. The van der Waals surface area contributed by atoms with Crippen LogP contribution in [0.4, 0.5) is 0 Å². The van der Waals surface area contributed by atoms with Gasteiger partial charge < -0.3 is 9.84 Å². The van der Waals surface area contributed by atoms with E-state index in [-0.39, 0.29) is 0 Å². The largest absolute Gasteiger partial charge is 0.508 e. The summed E-state index contributed by atoms with van der Waals surface area (Å²) in [7, 11) is 0. The van der Waals surface area contributed by atoms with Crippen LogP contribution < -0.4 is 4.74 Å². The summed E-state index contributed by atoms with van der Waals surface area (Å²) in [5.41, 5.74) is 2.10. The van der Waals surface area contributed by atoms with E-state index >= 15 is 0 Å². The highest BCUT2D eigenvalue weighted by Gasteiger charge is 2.21. The highest BCUT2D eigenvalue weighted by molar-refractivity contribution is 5.32. The van der Waals surface area contributed by atoms with Crippen molar-refractivity contribution in [1.29, 1.82) is 0 Å². The molecule has 6 nitrogen and oxygen atoms in total. The van der Waals surface area contributed by atoms with Crippen molar-refractivity contribution in [2.75, 3.05) is 19.7 Å². The van der Waals surface area contributed by atoms with Crippen molar-refractivity contribution in [3.63, 3.8) is 0 Å². The van der Waals surface area contributed by atoms with Gasteiger partial charge in [0.15, 0.2) is 0 Å². The Hall–Kier alpha value is -2.86. The molecule has 1 N–H and O–H groups in total. The van der Waals surface area contributed by atoms with Gasteiger partial charge in [0.05, 0.1) is 12.3 Å². The van der Waals surface area contributed by atoms with E-state index in [0.717, 1.165) is 43.7 Å². The van der Waals surface area contributed by atoms with E-state index in [0.29, 0.717) is 24.3 Å². The van der Waals surface area contributed by atoms with Crippen LogP contribution in [0.2, 0.25) is 0 Å². The summed E-state index contributed by atoms with van der Waals surface area (Å²) in [6.45, 7) is 3.61. The second kappa shape index (κ2) is 8.22. The minimum absolute atomic E-state index is 0.332. The van der Waals surface area contributed by atoms with Crippen molar-refractivity contribution < 1.29 is 9.84 Å². The molecule has 1 saturated heterocycles. The Balaban J connectivity index is 1.28. The summed E-state index contributed by atoms with van der Waals surface area (Å²) < 4.78 is 7.71. The third-order valence-corrected chi connectivity index (χ3v) is 4.99. The zero-order chi connectivity index (χ0) is 18.5. The molecular formula is C21H24N4O2. The second-order valence-corrected chi connectivity index (χ2v) is 6.99. The van der Waals surface area contributed by atoms with E-state index in [4.69, 9.17) is 4.74 Å². The Bertz CT molecular complexity index is 857. The number of hydrogen-bond acceptors (Lipinski definition) is 5. The van der Waals surface area contributed by atoms with E-state index in [2.05, 4.69) is 21.0 Å². The van der Waals surface area contributed by atoms with Gasteiger partial charge in [0, 0.05) is 6.54 Å². The molecule has 2 aromatic carbocycles. The molecule has 0 radical (unpaired) electrons. The Kier molecular flexibility index (Phi) is 5.34. The minimum Gasteiger partial charge on any atom is -0.508 e. The van der Waals surface area contributed by atoms with E-state index in [1.807, 2.05) is 42.5 Å². The van der Waals surface area contributed by atoms with Crippen LogP contribution in [-0.2, 0) is 6.54 Å². The quantitative estimate of drug-likeness (QED) is 0.727. The number of benzene rings is 2. The highest BCUT2D eigenvalue weighted by atomic mass is 16.5. The van der Waals surface area contributed by atoms with Gasteiger partial charge in [-0.25, -0.2) is 0 Å². The number of piperidine rings is 1. The molecule has 0 unspecified atom stereocenters. The number of phenolic OH excluding ortho intramolecular Hbond substituents is 1. The maximum atomic E-state index is 9.60. The molecule has 0 atom stereocenters. The second-order valence-electron chi connectivity index (χ2n) is 6.99. The molecule has 2 heterocycles. The van der Waals surface area contributed by atoms with Crippen LogP contribution in [0.3, 0.4) is 0 Å². The summed E-state index contributed by atoms with van der Waals surface area (Å²) >= 11 is 0. The number of phenols is 1. The fraction of sp³-hybridized carbons (Fsp3) is 0.333. The normalized spacial score (nSPS) is 15.7. The Morgan fingerprint density at radius 2 is 1.85 bits per heavy atom. The topological polar surface area (TPSA) is 63.4 Å². The molecule has 27 heavy (non-hydrogen) atoms. The Labute approximate surface area is 159 Å². The lowest BCUT2D eigenvalue weighted by molar-refractivity contribution is 0.131. The molecule has 1 aliphatic rings. The molecule has 0 spiro atoms. The first-order valence-electron chi connectivity index (χ1n) is 9.36. The van der Waals surface area contributed by atoms with Crippen molar-refractivity contribution in [1.82, 2.24) is 19.7 Å². The van der Waals surface area contributed by atoms with Gasteiger partial charge in [-0.05, 0) is 61.7 Å². The van der Waals surface area contributed by atoms with Gasteiger partial charge in [0.25, 0.3) is 0 Å². The highest BCUT2D eigenvalue weighted by Crippen LogP contribution is 2.22. The monoisotopic (exact) mass is 364 g/mol. The number of nitrogens with zero attached hydrogens (tertiary/aromatic N) is 4. The van der Waals surface area contributed by atoms with Crippen LogP contribution >= 0.6 is 0 Å². The molecule has 6 heteroatoms. The van der Waals surface area contributed by atoms with Crippen LogP contribution in [0.1, 0.15) is 18.4 Å². The third kappa shape index (κ3) is 4.46. The fourth-order valence-electron chi connectivity index (χ4n) is 3.49. The molecule has 1 aliphatic heterocycles. The minimum atomic E-state index is 0.332. The molecule has 140 valence electrons. The SMILES string of the molecule is Oc1cccc(CN2CCC(COc3ncnn3-c3ccccc3)CC2)c1. The number of hydrogen-bond donors (Lipinski definition) is 1. The van der Waals surface area contributed by atoms with E-state index in [1.165, 1.54) is 6.33 Å². The maximum Gasteiger partial charge on any atom is 0.319 e. The molecule has 4 rings (SSSR count). The molecule has 3 aromatic rings. The number of aromatic nitrogens is 3. The summed E-state index contributed by atoms with van der Waals surface area (Å²) in [6.07, 6.45) is 3.72. The first-order chi connectivity index (χ1) is 13.3. The lowest BCUT2D eigenvalue weighted by atomic mass is 9.97. The lowest BCUT2D eigenvalue weighted by Crippen LogP contribution is -2.35. The maximum absolute atomic E-state index is 9.60. The molecule has 0 amide bonds. The van der Waals surface area contributed by atoms with Crippen LogP contribution in [-0.4, -0.2) is 44.5 Å². The van der Waals surface area contributed by atoms with Gasteiger partial charge >= 0.3 is 6.01 Å². The van der Waals surface area contributed by atoms with E-state index in [9.17, 15) is 5.11 Å². The number of aromatic hydroxyl groups is 1. The van der Waals surface area contributed by atoms with Gasteiger partial charge in [-0.2, -0.15) is 14.8 Å². The smallest absolute Gasteiger partial charge is 0.319 e. The number of likely N-dealkylation sites (tertiary alicyclic amines) is 1. The summed E-state index contributed by atoms with van der Waals surface area (Å²) in [6, 6.07) is 18.0. The zero-order valence-electron chi connectivity index (χ0n) is 15.2. The molecule has 1 aromatic heterocycles.